The van der Waals surface area contributed by atoms with Crippen molar-refractivity contribution in [1.82, 2.24) is 0 Å². The Kier molecular flexibility index (Phi) is 3.08. The molecule has 0 N–H and O–H groups in total. The molecule has 0 saturated carbocycles. The first kappa shape index (κ1) is 10.2. The number of aldehydes is 1. The van der Waals surface area contributed by atoms with E-state index in [9.17, 15) is 18.0 Å². The molecule has 0 amide bonds. The molecule has 0 aromatic heterocycles. The molecule has 70 valence electrons. The third-order valence-corrected chi connectivity index (χ3v) is 2.11. The molecule has 0 unspecified atom stereocenters. The van der Waals surface area contributed by atoms with Crippen LogP contribution in [0.5, 0.6) is 0 Å². The summed E-state index contributed by atoms with van der Waals surface area (Å²) in [4.78, 5) is 9.13. The second-order valence-corrected chi connectivity index (χ2v) is 3.31. The zero-order chi connectivity index (χ0) is 10.0. The fourth-order valence-corrected chi connectivity index (χ4v) is 1.32. The molecule has 1 aromatic rings. The van der Waals surface area contributed by atoms with Crippen LogP contribution in [-0.2, 0) is 4.79 Å². The predicted octanol–water partition coefficient (Wildman–Crippen LogP) is 2.74. The highest BCUT2D eigenvalue weighted by molar-refractivity contribution is 9.09. The van der Waals surface area contributed by atoms with Crippen LogP contribution in [0, 0.1) is 17.5 Å². The van der Waals surface area contributed by atoms with Crippen LogP contribution >= 0.6 is 15.9 Å². The standard InChI is InChI=1S/C8H4BrF3O/c9-5(3-13)8-6(11)1-4(10)2-7(8)12/h1-3,5H/t5-/m1/s1. The molecule has 0 aliphatic heterocycles. The van der Waals surface area contributed by atoms with Crippen LogP contribution in [0.2, 0.25) is 0 Å². The van der Waals surface area contributed by atoms with Crippen molar-refractivity contribution < 1.29 is 18.0 Å². The van der Waals surface area contributed by atoms with E-state index in [4.69, 9.17) is 0 Å². The molecule has 13 heavy (non-hydrogen) atoms. The summed E-state index contributed by atoms with van der Waals surface area (Å²) in [5, 5.41) is 0. The molecule has 1 aromatic carbocycles. The second kappa shape index (κ2) is 3.91. The zero-order valence-electron chi connectivity index (χ0n) is 6.23. The van der Waals surface area contributed by atoms with Gasteiger partial charge < -0.3 is 4.79 Å². The molecule has 0 saturated heterocycles. The van der Waals surface area contributed by atoms with E-state index in [0.29, 0.717) is 18.4 Å². The minimum Gasteiger partial charge on any atom is -0.302 e. The molecule has 0 aliphatic rings. The smallest absolute Gasteiger partial charge is 0.138 e. The normalized spacial score (nSPS) is 12.6. The molecule has 0 bridgehead atoms. The Balaban J connectivity index is 3.28. The van der Waals surface area contributed by atoms with Crippen molar-refractivity contribution in [2.45, 2.75) is 4.83 Å². The molecule has 1 nitrogen and oxygen atoms in total. The van der Waals surface area contributed by atoms with E-state index in [0.717, 1.165) is 0 Å². The molecule has 0 heterocycles. The second-order valence-electron chi connectivity index (χ2n) is 2.32. The molecule has 0 fully saturated rings. The van der Waals surface area contributed by atoms with E-state index in [1.807, 2.05) is 0 Å². The first-order chi connectivity index (χ1) is 6.06. The van der Waals surface area contributed by atoms with Crippen molar-refractivity contribution in [3.63, 3.8) is 0 Å². The summed E-state index contributed by atoms with van der Waals surface area (Å²) >= 11 is 2.74. The minimum atomic E-state index is -1.09. The number of halogens is 4. The van der Waals surface area contributed by atoms with Crippen molar-refractivity contribution in [1.29, 1.82) is 0 Å². The fourth-order valence-electron chi connectivity index (χ4n) is 0.885. The van der Waals surface area contributed by atoms with Gasteiger partial charge in [0, 0.05) is 17.7 Å². The zero-order valence-corrected chi connectivity index (χ0v) is 7.82. The monoisotopic (exact) mass is 252 g/mol. The first-order valence-corrected chi connectivity index (χ1v) is 4.21. The summed E-state index contributed by atoms with van der Waals surface area (Å²) in [5.74, 6) is -3.16. The largest absolute Gasteiger partial charge is 0.302 e. The number of hydrogen-bond acceptors (Lipinski definition) is 1. The van der Waals surface area contributed by atoms with Gasteiger partial charge in [-0.2, -0.15) is 0 Å². The Morgan fingerprint density at radius 1 is 1.23 bits per heavy atom. The van der Waals surface area contributed by atoms with Gasteiger partial charge in [0.15, 0.2) is 0 Å². The molecule has 0 aliphatic carbocycles. The summed E-state index contributed by atoms with van der Waals surface area (Å²) < 4.78 is 38.2. The average Bonchev–Trinajstić information content (AvgIpc) is 2.02. The molecule has 1 atom stereocenters. The topological polar surface area (TPSA) is 17.1 Å². The Morgan fingerprint density at radius 2 is 1.69 bits per heavy atom. The Labute approximate surface area is 80.7 Å². The quantitative estimate of drug-likeness (QED) is 0.585. The van der Waals surface area contributed by atoms with Gasteiger partial charge in [0.2, 0.25) is 0 Å². The van der Waals surface area contributed by atoms with Gasteiger partial charge in [-0.25, -0.2) is 13.2 Å². The van der Waals surface area contributed by atoms with Crippen LogP contribution in [0.4, 0.5) is 13.2 Å². The SMILES string of the molecule is O=C[C@@H](Br)c1c(F)cc(F)cc1F. The summed E-state index contributed by atoms with van der Waals surface area (Å²) in [6.07, 6.45) is 0.319. The number of carbonyl (C=O) groups excluding carboxylic acids is 1. The van der Waals surface area contributed by atoms with Gasteiger partial charge in [0.1, 0.15) is 28.6 Å². The van der Waals surface area contributed by atoms with E-state index >= 15 is 0 Å². The Bertz CT molecular complexity index is 317. The van der Waals surface area contributed by atoms with Crippen molar-refractivity contribution in [2.24, 2.45) is 0 Å². The van der Waals surface area contributed by atoms with Gasteiger partial charge in [0.05, 0.1) is 0 Å². The highest BCUT2D eigenvalue weighted by Gasteiger charge is 2.18. The summed E-state index contributed by atoms with van der Waals surface area (Å²) in [6.45, 7) is 0. The lowest BCUT2D eigenvalue weighted by molar-refractivity contribution is -0.107. The predicted molar refractivity (Wildman–Crippen MR) is 44.0 cm³/mol. The van der Waals surface area contributed by atoms with Gasteiger partial charge in [-0.1, -0.05) is 15.9 Å². The average molecular weight is 253 g/mol. The van der Waals surface area contributed by atoms with E-state index < -0.39 is 27.8 Å². The third-order valence-electron chi connectivity index (χ3n) is 1.44. The van der Waals surface area contributed by atoms with Crippen LogP contribution in [0.15, 0.2) is 12.1 Å². The lowest BCUT2D eigenvalue weighted by Crippen LogP contribution is -2.00. The third kappa shape index (κ3) is 2.09. The van der Waals surface area contributed by atoms with Crippen LogP contribution in [0.1, 0.15) is 10.4 Å². The van der Waals surface area contributed by atoms with Crippen LogP contribution in [-0.4, -0.2) is 6.29 Å². The lowest BCUT2D eigenvalue weighted by atomic mass is 10.1. The Morgan fingerprint density at radius 3 is 2.08 bits per heavy atom. The fraction of sp³-hybridized carbons (Fsp3) is 0.125. The molecule has 1 rings (SSSR count). The molecular formula is C8H4BrF3O. The Hall–Kier alpha value is -0.840. The van der Waals surface area contributed by atoms with Gasteiger partial charge in [-0.15, -0.1) is 0 Å². The van der Waals surface area contributed by atoms with Gasteiger partial charge in [0.25, 0.3) is 0 Å². The number of carbonyl (C=O) groups is 1. The van der Waals surface area contributed by atoms with Crippen LogP contribution < -0.4 is 0 Å². The van der Waals surface area contributed by atoms with Crippen molar-refractivity contribution in [3.8, 4) is 0 Å². The van der Waals surface area contributed by atoms with E-state index in [2.05, 4.69) is 15.9 Å². The van der Waals surface area contributed by atoms with E-state index in [1.165, 1.54) is 0 Å². The number of benzene rings is 1. The first-order valence-electron chi connectivity index (χ1n) is 3.30. The molecule has 0 spiro atoms. The lowest BCUT2D eigenvalue weighted by Gasteiger charge is -2.05. The highest BCUT2D eigenvalue weighted by Crippen LogP contribution is 2.26. The van der Waals surface area contributed by atoms with Crippen molar-refractivity contribution in [3.05, 3.63) is 35.1 Å². The van der Waals surface area contributed by atoms with Crippen LogP contribution in [0.25, 0.3) is 0 Å². The maximum Gasteiger partial charge on any atom is 0.138 e. The summed E-state index contributed by atoms with van der Waals surface area (Å²) in [6, 6.07) is 1.05. The van der Waals surface area contributed by atoms with Crippen molar-refractivity contribution in [2.75, 3.05) is 0 Å². The maximum atomic E-state index is 12.9. The molecule has 5 heteroatoms. The molecule has 0 radical (unpaired) electrons. The van der Waals surface area contributed by atoms with Gasteiger partial charge in [-0.05, 0) is 0 Å². The van der Waals surface area contributed by atoms with E-state index in [1.54, 1.807) is 0 Å². The number of alkyl halides is 1. The van der Waals surface area contributed by atoms with Gasteiger partial charge >= 0.3 is 0 Å². The summed E-state index contributed by atoms with van der Waals surface area (Å²) in [7, 11) is 0. The van der Waals surface area contributed by atoms with Crippen LogP contribution in [0.3, 0.4) is 0 Å². The highest BCUT2D eigenvalue weighted by atomic mass is 79.9. The minimum absolute atomic E-state index is 0.319. The number of hydrogen-bond donors (Lipinski definition) is 0. The molecular weight excluding hydrogens is 249 g/mol. The maximum absolute atomic E-state index is 12.9. The van der Waals surface area contributed by atoms with Gasteiger partial charge in [-0.3, -0.25) is 0 Å². The van der Waals surface area contributed by atoms with E-state index in [-0.39, 0.29) is 0 Å². The summed E-state index contributed by atoms with van der Waals surface area (Å²) in [5.41, 5.74) is -0.476. The van der Waals surface area contributed by atoms with Crippen molar-refractivity contribution >= 4 is 22.2 Å². The number of rotatable bonds is 2.